The lowest BCUT2D eigenvalue weighted by Crippen LogP contribution is -2.21. The number of urea groups is 1. The third kappa shape index (κ3) is 6.76. The van der Waals surface area contributed by atoms with Gasteiger partial charge >= 0.3 is 6.03 Å². The summed E-state index contributed by atoms with van der Waals surface area (Å²) in [5.74, 6) is -0.0811. The summed E-state index contributed by atoms with van der Waals surface area (Å²) in [5, 5.41) is 5.31. The number of rotatable bonds is 7. The van der Waals surface area contributed by atoms with Crippen molar-refractivity contribution in [2.24, 2.45) is 17.4 Å². The third-order valence-corrected chi connectivity index (χ3v) is 3.16. The molecule has 0 spiro atoms. The maximum atomic E-state index is 12.0. The summed E-state index contributed by atoms with van der Waals surface area (Å²) in [6.45, 7) is 3.87. The Labute approximate surface area is 125 Å². The molecule has 1 rings (SSSR count). The molecule has 3 amide bonds. The molecule has 0 aromatic heterocycles. The molecular formula is C15H24N4O2. The summed E-state index contributed by atoms with van der Waals surface area (Å²) < 4.78 is 0. The molecule has 6 heteroatoms. The molecule has 6 nitrogen and oxygen atoms in total. The van der Waals surface area contributed by atoms with E-state index in [-0.39, 0.29) is 17.9 Å². The van der Waals surface area contributed by atoms with E-state index in [2.05, 4.69) is 10.6 Å². The first-order valence-electron chi connectivity index (χ1n) is 7.11. The molecule has 0 saturated carbocycles. The van der Waals surface area contributed by atoms with Gasteiger partial charge < -0.3 is 22.1 Å². The maximum absolute atomic E-state index is 12.0. The van der Waals surface area contributed by atoms with Gasteiger partial charge in [-0.05, 0) is 44.0 Å². The van der Waals surface area contributed by atoms with Crippen molar-refractivity contribution in [3.05, 3.63) is 24.3 Å². The number of amides is 3. The predicted molar refractivity (Wildman–Crippen MR) is 84.9 cm³/mol. The zero-order valence-corrected chi connectivity index (χ0v) is 12.6. The number of nitrogens with one attached hydrogen (secondary N) is 2. The highest BCUT2D eigenvalue weighted by molar-refractivity contribution is 5.93. The van der Waals surface area contributed by atoms with Gasteiger partial charge in [0.05, 0.1) is 0 Å². The third-order valence-electron chi connectivity index (χ3n) is 3.16. The van der Waals surface area contributed by atoms with Gasteiger partial charge in [-0.25, -0.2) is 4.79 Å². The molecule has 0 saturated heterocycles. The Balaban J connectivity index is 2.44. The van der Waals surface area contributed by atoms with E-state index in [9.17, 15) is 9.59 Å². The van der Waals surface area contributed by atoms with Crippen molar-refractivity contribution in [2.45, 2.75) is 39.2 Å². The molecule has 2 unspecified atom stereocenters. The van der Waals surface area contributed by atoms with Gasteiger partial charge in [-0.3, -0.25) is 4.79 Å². The van der Waals surface area contributed by atoms with Crippen LogP contribution in [0.5, 0.6) is 0 Å². The van der Waals surface area contributed by atoms with Crippen molar-refractivity contribution in [2.75, 3.05) is 10.6 Å². The summed E-state index contributed by atoms with van der Waals surface area (Å²) in [5.41, 5.74) is 12.0. The average Bonchev–Trinajstić information content (AvgIpc) is 2.39. The van der Waals surface area contributed by atoms with Crippen LogP contribution in [0.4, 0.5) is 16.2 Å². The van der Waals surface area contributed by atoms with Crippen LogP contribution in [0.1, 0.15) is 33.1 Å². The highest BCUT2D eigenvalue weighted by atomic mass is 16.2. The van der Waals surface area contributed by atoms with Crippen LogP contribution in [0.15, 0.2) is 24.3 Å². The first-order valence-corrected chi connectivity index (χ1v) is 7.11. The lowest BCUT2D eigenvalue weighted by atomic mass is 10.0. The fraction of sp³-hybridized carbons (Fsp3) is 0.467. The van der Waals surface area contributed by atoms with E-state index in [0.717, 1.165) is 19.3 Å². The van der Waals surface area contributed by atoms with E-state index in [0.29, 0.717) is 11.4 Å². The van der Waals surface area contributed by atoms with Gasteiger partial charge in [0.1, 0.15) is 0 Å². The highest BCUT2D eigenvalue weighted by Crippen LogP contribution is 2.16. The van der Waals surface area contributed by atoms with Crippen LogP contribution in [-0.2, 0) is 4.79 Å². The second-order valence-electron chi connectivity index (χ2n) is 5.37. The molecule has 1 aromatic rings. The van der Waals surface area contributed by atoms with Crippen molar-refractivity contribution >= 4 is 23.3 Å². The number of anilines is 2. The Morgan fingerprint density at radius 3 is 2.05 bits per heavy atom. The molecule has 2 atom stereocenters. The SMILES string of the molecule is CC(N)CCCC(C)C(=O)Nc1ccc(NC(N)=O)cc1. The fourth-order valence-electron chi connectivity index (χ4n) is 1.92. The Hall–Kier alpha value is -2.08. The zero-order chi connectivity index (χ0) is 15.8. The summed E-state index contributed by atoms with van der Waals surface area (Å²) in [6, 6.07) is 6.36. The van der Waals surface area contributed by atoms with Crippen LogP contribution in [-0.4, -0.2) is 18.0 Å². The van der Waals surface area contributed by atoms with Gasteiger partial charge in [0, 0.05) is 23.3 Å². The normalized spacial score (nSPS) is 13.3. The Kier molecular flexibility index (Phi) is 6.68. The van der Waals surface area contributed by atoms with Gasteiger partial charge in [-0.15, -0.1) is 0 Å². The van der Waals surface area contributed by atoms with Gasteiger partial charge in [0.2, 0.25) is 5.91 Å². The lowest BCUT2D eigenvalue weighted by Gasteiger charge is -2.13. The maximum Gasteiger partial charge on any atom is 0.316 e. The van der Waals surface area contributed by atoms with Crippen LogP contribution < -0.4 is 22.1 Å². The summed E-state index contributed by atoms with van der Waals surface area (Å²) in [6.07, 6.45) is 2.67. The molecule has 0 radical (unpaired) electrons. The van der Waals surface area contributed by atoms with Gasteiger partial charge in [0.15, 0.2) is 0 Å². The molecule has 21 heavy (non-hydrogen) atoms. The minimum atomic E-state index is -0.616. The van der Waals surface area contributed by atoms with Crippen LogP contribution in [0.3, 0.4) is 0 Å². The van der Waals surface area contributed by atoms with Crippen LogP contribution in [0.25, 0.3) is 0 Å². The van der Waals surface area contributed by atoms with Gasteiger partial charge in [-0.2, -0.15) is 0 Å². The first kappa shape index (κ1) is 17.0. The molecule has 0 aliphatic rings. The number of hydrogen-bond donors (Lipinski definition) is 4. The number of carbonyl (C=O) groups excluding carboxylic acids is 2. The minimum absolute atomic E-state index is 0.0183. The number of hydrogen-bond acceptors (Lipinski definition) is 3. The van der Waals surface area contributed by atoms with Crippen molar-refractivity contribution in [1.29, 1.82) is 0 Å². The van der Waals surface area contributed by atoms with E-state index < -0.39 is 6.03 Å². The predicted octanol–water partition coefficient (Wildman–Crippen LogP) is 2.27. The molecule has 0 heterocycles. The molecule has 0 aliphatic heterocycles. The van der Waals surface area contributed by atoms with Gasteiger partial charge in [0.25, 0.3) is 0 Å². The van der Waals surface area contributed by atoms with Crippen LogP contribution >= 0.6 is 0 Å². The van der Waals surface area contributed by atoms with Crippen molar-refractivity contribution in [3.63, 3.8) is 0 Å². The molecule has 1 aromatic carbocycles. The van der Waals surface area contributed by atoms with Crippen molar-refractivity contribution in [3.8, 4) is 0 Å². The standard InChI is InChI=1S/C15H24N4O2/c1-10(4-3-5-11(2)16)14(20)18-12-6-8-13(9-7-12)19-15(17)21/h6-11H,3-5,16H2,1-2H3,(H,18,20)(H3,17,19,21). The Bertz CT molecular complexity index is 471. The Morgan fingerprint density at radius 2 is 1.57 bits per heavy atom. The number of benzene rings is 1. The fourth-order valence-corrected chi connectivity index (χ4v) is 1.92. The molecule has 0 aliphatic carbocycles. The average molecular weight is 292 g/mol. The summed E-state index contributed by atoms with van der Waals surface area (Å²) >= 11 is 0. The molecule has 0 fully saturated rings. The van der Waals surface area contributed by atoms with E-state index in [1.165, 1.54) is 0 Å². The van der Waals surface area contributed by atoms with E-state index >= 15 is 0 Å². The van der Waals surface area contributed by atoms with Crippen molar-refractivity contribution in [1.82, 2.24) is 0 Å². The molecule has 0 bridgehead atoms. The van der Waals surface area contributed by atoms with Crippen LogP contribution in [0, 0.1) is 5.92 Å². The van der Waals surface area contributed by atoms with Crippen LogP contribution in [0.2, 0.25) is 0 Å². The minimum Gasteiger partial charge on any atom is -0.351 e. The lowest BCUT2D eigenvalue weighted by molar-refractivity contribution is -0.119. The van der Waals surface area contributed by atoms with Gasteiger partial charge in [-0.1, -0.05) is 13.3 Å². The molecule has 6 N–H and O–H groups in total. The summed E-state index contributed by atoms with van der Waals surface area (Å²) in [7, 11) is 0. The smallest absolute Gasteiger partial charge is 0.316 e. The van der Waals surface area contributed by atoms with E-state index in [1.807, 2.05) is 13.8 Å². The second kappa shape index (κ2) is 8.26. The zero-order valence-electron chi connectivity index (χ0n) is 12.6. The topological polar surface area (TPSA) is 110 Å². The van der Waals surface area contributed by atoms with E-state index in [4.69, 9.17) is 11.5 Å². The molecular weight excluding hydrogens is 268 g/mol. The monoisotopic (exact) mass is 292 g/mol. The highest BCUT2D eigenvalue weighted by Gasteiger charge is 2.13. The number of carbonyl (C=O) groups is 2. The second-order valence-corrected chi connectivity index (χ2v) is 5.37. The Morgan fingerprint density at radius 1 is 1.05 bits per heavy atom. The molecule has 116 valence electrons. The van der Waals surface area contributed by atoms with E-state index in [1.54, 1.807) is 24.3 Å². The van der Waals surface area contributed by atoms with Crippen molar-refractivity contribution < 1.29 is 9.59 Å². The summed E-state index contributed by atoms with van der Waals surface area (Å²) in [4.78, 5) is 22.7. The number of nitrogens with two attached hydrogens (primary N) is 2. The number of primary amides is 1. The quantitative estimate of drug-likeness (QED) is 0.618. The largest absolute Gasteiger partial charge is 0.351 e. The first-order chi connectivity index (χ1) is 9.88.